The Hall–Kier alpha value is -0.510. The van der Waals surface area contributed by atoms with E-state index in [-0.39, 0.29) is 5.41 Å². The molecule has 1 fully saturated rings. The summed E-state index contributed by atoms with van der Waals surface area (Å²) < 4.78 is 0. The molecule has 1 aliphatic carbocycles. The number of nitrogens with one attached hydrogen (secondary N) is 1. The van der Waals surface area contributed by atoms with E-state index in [0.717, 1.165) is 19.4 Å². The third-order valence-electron chi connectivity index (χ3n) is 4.40. The summed E-state index contributed by atoms with van der Waals surface area (Å²) >= 11 is 1.77. The van der Waals surface area contributed by atoms with E-state index in [2.05, 4.69) is 42.8 Å². The maximum Gasteiger partial charge on any atom is 0.0499 e. The molecule has 0 spiro atoms. The van der Waals surface area contributed by atoms with Crippen LogP contribution < -0.4 is 5.32 Å². The monoisotopic (exact) mass is 279 g/mol. The molecule has 1 saturated carbocycles. The summed E-state index contributed by atoms with van der Waals surface area (Å²) in [6.45, 7) is 3.45. The van der Waals surface area contributed by atoms with Gasteiger partial charge in [0, 0.05) is 29.5 Å². The summed E-state index contributed by atoms with van der Waals surface area (Å²) in [4.78, 5) is 1.30. The molecule has 0 bridgehead atoms. The first-order valence-corrected chi connectivity index (χ1v) is 8.40. The number of rotatable bonds is 6. The van der Waals surface area contributed by atoms with E-state index in [1.165, 1.54) is 23.3 Å². The van der Waals surface area contributed by atoms with Crippen molar-refractivity contribution in [3.8, 4) is 0 Å². The van der Waals surface area contributed by atoms with E-state index in [4.69, 9.17) is 0 Å². The summed E-state index contributed by atoms with van der Waals surface area (Å²) in [5.74, 6) is 0. The molecule has 3 heteroatoms. The Morgan fingerprint density at radius 3 is 2.42 bits per heavy atom. The first-order chi connectivity index (χ1) is 9.19. The van der Waals surface area contributed by atoms with Crippen LogP contribution in [-0.4, -0.2) is 24.5 Å². The van der Waals surface area contributed by atoms with Crippen LogP contribution in [0.4, 0.5) is 0 Å². The van der Waals surface area contributed by atoms with Crippen LogP contribution in [0.15, 0.2) is 29.2 Å². The third-order valence-corrected chi connectivity index (χ3v) is 5.14. The van der Waals surface area contributed by atoms with Crippen molar-refractivity contribution in [1.29, 1.82) is 0 Å². The van der Waals surface area contributed by atoms with Crippen molar-refractivity contribution >= 4 is 11.8 Å². The Labute approximate surface area is 121 Å². The van der Waals surface area contributed by atoms with Gasteiger partial charge in [0.2, 0.25) is 0 Å². The van der Waals surface area contributed by atoms with Crippen LogP contribution in [0.25, 0.3) is 0 Å². The third kappa shape index (κ3) is 3.74. The first-order valence-electron chi connectivity index (χ1n) is 7.17. The van der Waals surface area contributed by atoms with Gasteiger partial charge in [0.25, 0.3) is 0 Å². The Morgan fingerprint density at radius 1 is 1.26 bits per heavy atom. The van der Waals surface area contributed by atoms with Crippen LogP contribution in [0.3, 0.4) is 0 Å². The maximum atomic E-state index is 9.63. The predicted molar refractivity (Wildman–Crippen MR) is 82.6 cm³/mol. The minimum Gasteiger partial charge on any atom is -0.396 e. The lowest BCUT2D eigenvalue weighted by Gasteiger charge is -2.29. The molecule has 0 saturated heterocycles. The van der Waals surface area contributed by atoms with Crippen LogP contribution in [0, 0.1) is 5.41 Å². The Balaban J connectivity index is 1.91. The number of hydrogen-bond acceptors (Lipinski definition) is 3. The molecule has 1 aromatic rings. The van der Waals surface area contributed by atoms with Gasteiger partial charge in [-0.1, -0.05) is 25.0 Å². The molecular weight excluding hydrogens is 254 g/mol. The molecule has 1 atom stereocenters. The highest BCUT2D eigenvalue weighted by molar-refractivity contribution is 7.98. The van der Waals surface area contributed by atoms with Crippen LogP contribution in [0.1, 0.15) is 44.2 Å². The molecule has 1 unspecified atom stereocenters. The molecule has 106 valence electrons. The van der Waals surface area contributed by atoms with Crippen molar-refractivity contribution in [3.63, 3.8) is 0 Å². The van der Waals surface area contributed by atoms with Crippen LogP contribution in [0.5, 0.6) is 0 Å². The van der Waals surface area contributed by atoms with Crippen LogP contribution >= 0.6 is 11.8 Å². The van der Waals surface area contributed by atoms with Gasteiger partial charge in [-0.05, 0) is 43.7 Å². The van der Waals surface area contributed by atoms with Gasteiger partial charge in [-0.25, -0.2) is 0 Å². The minimum atomic E-state index is 0.132. The highest BCUT2D eigenvalue weighted by Crippen LogP contribution is 2.37. The Bertz CT molecular complexity index is 384. The second kappa shape index (κ2) is 6.78. The zero-order valence-electron chi connectivity index (χ0n) is 12.0. The largest absolute Gasteiger partial charge is 0.396 e. The summed E-state index contributed by atoms with van der Waals surface area (Å²) in [5, 5.41) is 13.2. The van der Waals surface area contributed by atoms with Crippen LogP contribution in [0.2, 0.25) is 0 Å². The second-order valence-electron chi connectivity index (χ2n) is 5.74. The van der Waals surface area contributed by atoms with Gasteiger partial charge in [0.15, 0.2) is 0 Å². The first kappa shape index (κ1) is 14.9. The fraction of sp³-hybridized carbons (Fsp3) is 0.625. The summed E-state index contributed by atoms with van der Waals surface area (Å²) in [6.07, 6.45) is 6.95. The summed E-state index contributed by atoms with van der Waals surface area (Å²) in [6, 6.07) is 9.10. The standard InChI is InChI=1S/C16H25NOS/c1-13(14-5-7-15(19-2)8-6-14)17-11-16(12-18)9-3-4-10-16/h5-8,13,17-18H,3-4,9-12H2,1-2H3. The fourth-order valence-electron chi connectivity index (χ4n) is 2.90. The molecule has 0 radical (unpaired) electrons. The minimum absolute atomic E-state index is 0.132. The fourth-order valence-corrected chi connectivity index (χ4v) is 3.30. The van der Waals surface area contributed by atoms with Gasteiger partial charge in [0.05, 0.1) is 0 Å². The molecule has 1 aromatic carbocycles. The highest BCUT2D eigenvalue weighted by Gasteiger charge is 2.33. The number of thioether (sulfide) groups is 1. The van der Waals surface area contributed by atoms with E-state index in [1.54, 1.807) is 11.8 Å². The molecule has 0 amide bonds. The molecule has 0 aliphatic heterocycles. The predicted octanol–water partition coefficient (Wildman–Crippen LogP) is 3.61. The van der Waals surface area contributed by atoms with E-state index < -0.39 is 0 Å². The van der Waals surface area contributed by atoms with Gasteiger partial charge in [-0.2, -0.15) is 0 Å². The van der Waals surface area contributed by atoms with Gasteiger partial charge in [0.1, 0.15) is 0 Å². The summed E-state index contributed by atoms with van der Waals surface area (Å²) in [7, 11) is 0. The van der Waals surface area contributed by atoms with Gasteiger partial charge in [-0.3, -0.25) is 0 Å². The van der Waals surface area contributed by atoms with E-state index in [9.17, 15) is 5.11 Å². The lowest BCUT2D eigenvalue weighted by atomic mass is 9.87. The van der Waals surface area contributed by atoms with Crippen molar-refractivity contribution in [2.24, 2.45) is 5.41 Å². The maximum absolute atomic E-state index is 9.63. The van der Waals surface area contributed by atoms with Gasteiger partial charge >= 0.3 is 0 Å². The zero-order valence-corrected chi connectivity index (χ0v) is 12.8. The Morgan fingerprint density at radius 2 is 1.89 bits per heavy atom. The highest BCUT2D eigenvalue weighted by atomic mass is 32.2. The molecular formula is C16H25NOS. The lowest BCUT2D eigenvalue weighted by Crippen LogP contribution is -2.36. The number of aliphatic hydroxyl groups is 1. The lowest BCUT2D eigenvalue weighted by molar-refractivity contribution is 0.125. The second-order valence-corrected chi connectivity index (χ2v) is 6.62. The van der Waals surface area contributed by atoms with E-state index in [0.29, 0.717) is 12.6 Å². The molecule has 0 heterocycles. The average molecular weight is 279 g/mol. The van der Waals surface area contributed by atoms with Crippen molar-refractivity contribution in [2.75, 3.05) is 19.4 Å². The normalized spacial score (nSPS) is 19.5. The van der Waals surface area contributed by atoms with Gasteiger partial charge < -0.3 is 10.4 Å². The van der Waals surface area contributed by atoms with Gasteiger partial charge in [-0.15, -0.1) is 11.8 Å². The van der Waals surface area contributed by atoms with E-state index >= 15 is 0 Å². The van der Waals surface area contributed by atoms with Crippen LogP contribution in [-0.2, 0) is 0 Å². The molecule has 2 N–H and O–H groups in total. The van der Waals surface area contributed by atoms with Crippen molar-refractivity contribution in [2.45, 2.75) is 43.5 Å². The number of benzene rings is 1. The molecule has 2 nitrogen and oxygen atoms in total. The molecule has 1 aliphatic rings. The zero-order chi connectivity index (χ0) is 13.7. The summed E-state index contributed by atoms with van der Waals surface area (Å²) in [5.41, 5.74) is 1.46. The van der Waals surface area contributed by atoms with E-state index in [1.807, 2.05) is 0 Å². The molecule has 19 heavy (non-hydrogen) atoms. The SMILES string of the molecule is CSc1ccc(C(C)NCC2(CO)CCCC2)cc1. The van der Waals surface area contributed by atoms with Crippen molar-refractivity contribution in [3.05, 3.63) is 29.8 Å². The number of hydrogen-bond donors (Lipinski definition) is 2. The smallest absolute Gasteiger partial charge is 0.0499 e. The average Bonchev–Trinajstić information content (AvgIpc) is 2.94. The topological polar surface area (TPSA) is 32.3 Å². The number of aliphatic hydroxyl groups excluding tert-OH is 1. The quantitative estimate of drug-likeness (QED) is 0.780. The molecule has 2 rings (SSSR count). The van der Waals surface area contributed by atoms with Crippen molar-refractivity contribution in [1.82, 2.24) is 5.32 Å². The Kier molecular flexibility index (Phi) is 5.31. The van der Waals surface area contributed by atoms with Crippen molar-refractivity contribution < 1.29 is 5.11 Å². The molecule has 0 aromatic heterocycles.